The second-order valence-electron chi connectivity index (χ2n) is 11.1. The monoisotopic (exact) mass is 518 g/mol. The van der Waals surface area contributed by atoms with Crippen molar-refractivity contribution >= 4 is 5.82 Å². The van der Waals surface area contributed by atoms with Crippen molar-refractivity contribution in [2.45, 2.75) is 75.3 Å². The molecule has 198 valence electrons. The molecule has 0 spiro atoms. The molecule has 2 saturated heterocycles. The van der Waals surface area contributed by atoms with Crippen molar-refractivity contribution in [3.05, 3.63) is 36.7 Å². The van der Waals surface area contributed by atoms with Crippen LogP contribution in [0.4, 0.5) is 10.2 Å². The zero-order chi connectivity index (χ0) is 25.9. The summed E-state index contributed by atoms with van der Waals surface area (Å²) in [5, 5.41) is 23.2. The molecule has 1 saturated carbocycles. The van der Waals surface area contributed by atoms with E-state index in [0.29, 0.717) is 48.1 Å². The first-order valence-corrected chi connectivity index (χ1v) is 13.5. The number of aromatic nitrogens is 4. The SMILES string of the molecule is C[C@]12CCC[C@@H](C[C@@H](N(c3cnc(-c4ccc(-c5cnc6c(c5)OCCO6)cc4O)nn3)C3CC3)[C@H]1F)N2. The van der Waals surface area contributed by atoms with Gasteiger partial charge in [-0.3, -0.25) is 0 Å². The minimum Gasteiger partial charge on any atom is -0.507 e. The minimum atomic E-state index is -0.993. The molecule has 0 radical (unpaired) electrons. The molecule has 38 heavy (non-hydrogen) atoms. The Hall–Kier alpha value is -3.53. The van der Waals surface area contributed by atoms with Crippen LogP contribution >= 0.6 is 0 Å². The van der Waals surface area contributed by atoms with Crippen molar-refractivity contribution in [1.29, 1.82) is 0 Å². The van der Waals surface area contributed by atoms with Crippen LogP contribution in [0.5, 0.6) is 17.4 Å². The Kier molecular flexibility index (Phi) is 5.61. The molecular weight excluding hydrogens is 487 g/mol. The van der Waals surface area contributed by atoms with Crippen LogP contribution in [0.3, 0.4) is 0 Å². The smallest absolute Gasteiger partial charge is 0.257 e. The zero-order valence-corrected chi connectivity index (χ0v) is 21.3. The first kappa shape index (κ1) is 23.6. The van der Waals surface area contributed by atoms with Gasteiger partial charge in [0.1, 0.15) is 25.1 Å². The Bertz CT molecular complexity index is 1350. The summed E-state index contributed by atoms with van der Waals surface area (Å²) in [6.07, 6.45) is 8.17. The predicted molar refractivity (Wildman–Crippen MR) is 139 cm³/mol. The standard InChI is InChI=1S/C28H31FN6O3/c1-28-8-2-3-18(32-28)13-21(25(28)29)35(19-5-6-19)24-15-30-26(34-33-24)20-7-4-16(11-22(20)36)17-12-23-27(31-14-17)38-10-9-37-23/h4,7,11-12,14-15,18-19,21,25,32,36H,2-3,5-6,8-10,13H2,1H3/t18-,21+,25+,28-/m0/s1. The molecule has 2 N–H and O–H groups in total. The second-order valence-corrected chi connectivity index (χ2v) is 11.1. The molecule has 4 atom stereocenters. The summed E-state index contributed by atoms with van der Waals surface area (Å²) in [6.45, 7) is 2.97. The molecule has 3 fully saturated rings. The summed E-state index contributed by atoms with van der Waals surface area (Å²) in [6, 6.07) is 7.50. The lowest BCUT2D eigenvalue weighted by Crippen LogP contribution is -2.69. The van der Waals surface area contributed by atoms with Crippen LogP contribution < -0.4 is 19.7 Å². The van der Waals surface area contributed by atoms with Gasteiger partial charge in [0, 0.05) is 29.4 Å². The number of halogens is 1. The van der Waals surface area contributed by atoms with Gasteiger partial charge < -0.3 is 24.8 Å². The number of hydrogen-bond donors (Lipinski definition) is 2. The Balaban J connectivity index is 1.14. The Morgan fingerprint density at radius 3 is 2.71 bits per heavy atom. The van der Waals surface area contributed by atoms with E-state index in [1.165, 1.54) is 0 Å². The minimum absolute atomic E-state index is 0.0360. The van der Waals surface area contributed by atoms with Gasteiger partial charge >= 0.3 is 0 Å². The van der Waals surface area contributed by atoms with E-state index in [0.717, 1.165) is 49.7 Å². The van der Waals surface area contributed by atoms with Gasteiger partial charge in [0.25, 0.3) is 5.88 Å². The van der Waals surface area contributed by atoms with Crippen molar-refractivity contribution in [3.63, 3.8) is 0 Å². The summed E-state index contributed by atoms with van der Waals surface area (Å²) >= 11 is 0. The number of nitrogens with zero attached hydrogens (tertiary/aromatic N) is 5. The van der Waals surface area contributed by atoms with Gasteiger partial charge in [-0.15, -0.1) is 10.2 Å². The fraction of sp³-hybridized carbons (Fsp3) is 0.500. The topological polar surface area (TPSA) is 106 Å². The van der Waals surface area contributed by atoms with E-state index in [1.807, 2.05) is 19.1 Å². The lowest BCUT2D eigenvalue weighted by Gasteiger charge is -2.52. The van der Waals surface area contributed by atoms with E-state index in [1.54, 1.807) is 24.5 Å². The number of fused-ring (bicyclic) bond motifs is 3. The Labute approximate surface area is 220 Å². The number of pyridine rings is 1. The molecule has 7 rings (SSSR count). The molecule has 4 aliphatic rings. The lowest BCUT2D eigenvalue weighted by molar-refractivity contribution is 0.0385. The summed E-state index contributed by atoms with van der Waals surface area (Å²) in [4.78, 5) is 11.0. The van der Waals surface area contributed by atoms with Crippen molar-refractivity contribution < 1.29 is 19.0 Å². The van der Waals surface area contributed by atoms with Crippen molar-refractivity contribution in [2.24, 2.45) is 0 Å². The third-order valence-electron chi connectivity index (χ3n) is 8.34. The van der Waals surface area contributed by atoms with E-state index >= 15 is 4.39 Å². The molecule has 9 nitrogen and oxygen atoms in total. The molecule has 5 heterocycles. The van der Waals surface area contributed by atoms with Crippen LogP contribution in [0.15, 0.2) is 36.7 Å². The number of phenols is 1. The predicted octanol–water partition coefficient (Wildman–Crippen LogP) is 4.06. The van der Waals surface area contributed by atoms with E-state index in [4.69, 9.17) is 9.47 Å². The van der Waals surface area contributed by atoms with Crippen molar-refractivity contribution in [1.82, 2.24) is 25.5 Å². The average molecular weight is 519 g/mol. The first-order chi connectivity index (χ1) is 18.5. The second kappa shape index (κ2) is 9.04. The third kappa shape index (κ3) is 4.11. The van der Waals surface area contributed by atoms with Crippen LogP contribution in [0.1, 0.15) is 45.4 Å². The summed E-state index contributed by atoms with van der Waals surface area (Å²) in [5.41, 5.74) is 1.55. The van der Waals surface area contributed by atoms with Crippen LogP contribution in [0.25, 0.3) is 22.5 Å². The number of ether oxygens (including phenoxy) is 2. The maximum absolute atomic E-state index is 15.9. The molecule has 0 unspecified atom stereocenters. The van der Waals surface area contributed by atoms with Crippen LogP contribution in [-0.4, -0.2) is 68.3 Å². The highest BCUT2D eigenvalue weighted by Gasteiger charge is 2.52. The van der Waals surface area contributed by atoms with Gasteiger partial charge in [-0.25, -0.2) is 14.4 Å². The van der Waals surface area contributed by atoms with Crippen molar-refractivity contribution in [2.75, 3.05) is 18.1 Å². The number of nitrogens with one attached hydrogen (secondary N) is 1. The van der Waals surface area contributed by atoms with E-state index in [2.05, 4.69) is 30.4 Å². The van der Waals surface area contributed by atoms with E-state index in [-0.39, 0.29) is 17.8 Å². The van der Waals surface area contributed by atoms with Crippen molar-refractivity contribution in [3.8, 4) is 39.9 Å². The summed E-state index contributed by atoms with van der Waals surface area (Å²) in [5.74, 6) is 2.02. The van der Waals surface area contributed by atoms with E-state index in [9.17, 15) is 5.11 Å². The number of piperidine rings is 2. The normalized spacial score (nSPS) is 28.1. The zero-order valence-electron chi connectivity index (χ0n) is 21.3. The highest BCUT2D eigenvalue weighted by atomic mass is 19.1. The van der Waals surface area contributed by atoms with Crippen LogP contribution in [0.2, 0.25) is 0 Å². The largest absolute Gasteiger partial charge is 0.507 e. The van der Waals surface area contributed by atoms with Crippen LogP contribution in [-0.2, 0) is 0 Å². The van der Waals surface area contributed by atoms with Gasteiger partial charge in [0.2, 0.25) is 0 Å². The Morgan fingerprint density at radius 1 is 1.05 bits per heavy atom. The average Bonchev–Trinajstić information content (AvgIpc) is 3.77. The number of anilines is 1. The van der Waals surface area contributed by atoms with Crippen LogP contribution in [0, 0.1) is 0 Å². The highest BCUT2D eigenvalue weighted by molar-refractivity contribution is 5.73. The molecule has 1 aliphatic carbocycles. The number of rotatable bonds is 5. The quantitative estimate of drug-likeness (QED) is 0.517. The van der Waals surface area contributed by atoms with Gasteiger partial charge in [0.05, 0.1) is 17.8 Å². The Morgan fingerprint density at radius 2 is 1.92 bits per heavy atom. The molecule has 2 bridgehead atoms. The molecular formula is C28H31FN6O3. The number of aromatic hydroxyl groups is 1. The maximum atomic E-state index is 15.9. The maximum Gasteiger partial charge on any atom is 0.257 e. The number of benzene rings is 1. The fourth-order valence-corrected chi connectivity index (χ4v) is 6.29. The first-order valence-electron chi connectivity index (χ1n) is 13.5. The van der Waals surface area contributed by atoms with Gasteiger partial charge in [-0.05, 0) is 69.2 Å². The molecule has 0 amide bonds. The van der Waals surface area contributed by atoms with Gasteiger partial charge in [0.15, 0.2) is 17.4 Å². The fourth-order valence-electron chi connectivity index (χ4n) is 6.29. The number of alkyl halides is 1. The molecule has 10 heteroatoms. The molecule has 3 aliphatic heterocycles. The molecule has 3 aromatic rings. The number of hydrogen-bond acceptors (Lipinski definition) is 9. The third-order valence-corrected chi connectivity index (χ3v) is 8.34. The summed E-state index contributed by atoms with van der Waals surface area (Å²) < 4.78 is 27.0. The lowest BCUT2D eigenvalue weighted by atomic mass is 9.73. The molecule has 2 aromatic heterocycles. The highest BCUT2D eigenvalue weighted by Crippen LogP contribution is 2.43. The number of phenolic OH excluding ortho intramolecular Hbond substituents is 1. The summed E-state index contributed by atoms with van der Waals surface area (Å²) in [7, 11) is 0. The van der Waals surface area contributed by atoms with Gasteiger partial charge in [-0.2, -0.15) is 0 Å². The van der Waals surface area contributed by atoms with E-state index < -0.39 is 11.7 Å². The van der Waals surface area contributed by atoms with Gasteiger partial charge in [-0.1, -0.05) is 6.07 Å². The molecule has 1 aromatic carbocycles.